The average Bonchev–Trinajstić information content (AvgIpc) is 2.43. The summed E-state index contributed by atoms with van der Waals surface area (Å²) in [7, 11) is 1.51. The number of pyridine rings is 1. The summed E-state index contributed by atoms with van der Waals surface area (Å²) in [5, 5.41) is 5.52. The van der Waals surface area contributed by atoms with E-state index in [0.717, 1.165) is 0 Å². The Morgan fingerprint density at radius 2 is 2.05 bits per heavy atom. The topological polar surface area (TPSA) is 58.5 Å². The highest BCUT2D eigenvalue weighted by atomic mass is 127. The number of alkyl halides is 3. The summed E-state index contributed by atoms with van der Waals surface area (Å²) in [5.74, 6) is 0.795. The molecule has 0 saturated carbocycles. The van der Waals surface area contributed by atoms with Gasteiger partial charge in [0.1, 0.15) is 0 Å². The van der Waals surface area contributed by atoms with Gasteiger partial charge in [0.2, 0.25) is 5.88 Å². The van der Waals surface area contributed by atoms with Crippen LogP contribution in [0.4, 0.5) is 13.2 Å². The monoisotopic (exact) mass is 432 g/mol. The highest BCUT2D eigenvalue weighted by molar-refractivity contribution is 14.0. The number of nitrogens with zero attached hydrogens (tertiary/aromatic N) is 2. The SMILES string of the molecule is CCNC(=NCc1cccc(OC)n1)NCCC(F)(F)F.I. The minimum atomic E-state index is -4.18. The fourth-order valence-corrected chi connectivity index (χ4v) is 1.48. The number of rotatable bonds is 6. The first-order chi connectivity index (χ1) is 9.94. The van der Waals surface area contributed by atoms with Crippen LogP contribution < -0.4 is 15.4 Å². The van der Waals surface area contributed by atoms with Crippen LogP contribution in [0.25, 0.3) is 0 Å². The lowest BCUT2D eigenvalue weighted by Crippen LogP contribution is -2.38. The van der Waals surface area contributed by atoms with Crippen LogP contribution in [-0.2, 0) is 6.54 Å². The van der Waals surface area contributed by atoms with Crippen molar-refractivity contribution in [2.24, 2.45) is 4.99 Å². The second-order valence-electron chi connectivity index (χ2n) is 4.16. The zero-order chi connectivity index (χ0) is 15.7. The van der Waals surface area contributed by atoms with Gasteiger partial charge in [0.15, 0.2) is 5.96 Å². The molecule has 2 N–H and O–H groups in total. The van der Waals surface area contributed by atoms with E-state index in [4.69, 9.17) is 4.74 Å². The van der Waals surface area contributed by atoms with Gasteiger partial charge in [-0.2, -0.15) is 13.2 Å². The number of methoxy groups -OCH3 is 1. The van der Waals surface area contributed by atoms with Crippen molar-refractivity contribution in [2.45, 2.75) is 26.1 Å². The summed E-state index contributed by atoms with van der Waals surface area (Å²) < 4.78 is 41.3. The molecule has 0 fully saturated rings. The lowest BCUT2D eigenvalue weighted by molar-refractivity contribution is -0.132. The van der Waals surface area contributed by atoms with Crippen molar-refractivity contribution >= 4 is 29.9 Å². The minimum Gasteiger partial charge on any atom is -0.481 e. The van der Waals surface area contributed by atoms with E-state index in [1.54, 1.807) is 18.2 Å². The quantitative estimate of drug-likeness (QED) is 0.413. The summed E-state index contributed by atoms with van der Waals surface area (Å²) in [6, 6.07) is 5.26. The Kier molecular flexibility index (Phi) is 9.86. The maximum Gasteiger partial charge on any atom is 0.390 e. The second-order valence-corrected chi connectivity index (χ2v) is 4.16. The summed E-state index contributed by atoms with van der Waals surface area (Å²) >= 11 is 0. The molecule has 0 bridgehead atoms. The van der Waals surface area contributed by atoms with Gasteiger partial charge in [-0.3, -0.25) is 0 Å². The Morgan fingerprint density at radius 1 is 1.32 bits per heavy atom. The average molecular weight is 432 g/mol. The number of nitrogens with one attached hydrogen (secondary N) is 2. The van der Waals surface area contributed by atoms with Crippen LogP contribution in [0.3, 0.4) is 0 Å². The Hall–Kier alpha value is -1.26. The van der Waals surface area contributed by atoms with E-state index in [1.165, 1.54) is 7.11 Å². The Balaban J connectivity index is 0.00000441. The Labute approximate surface area is 144 Å². The fourth-order valence-electron chi connectivity index (χ4n) is 1.48. The molecule has 0 aliphatic carbocycles. The summed E-state index contributed by atoms with van der Waals surface area (Å²) in [6.45, 7) is 2.42. The molecular formula is C13H20F3IN4O. The number of hydrogen-bond donors (Lipinski definition) is 2. The van der Waals surface area contributed by atoms with Crippen LogP contribution in [0.5, 0.6) is 5.88 Å². The van der Waals surface area contributed by atoms with Crippen molar-refractivity contribution in [3.63, 3.8) is 0 Å². The number of halogens is 4. The molecule has 22 heavy (non-hydrogen) atoms. The van der Waals surface area contributed by atoms with Crippen molar-refractivity contribution in [1.29, 1.82) is 0 Å². The molecule has 0 aromatic carbocycles. The molecule has 0 atom stereocenters. The predicted molar refractivity (Wildman–Crippen MR) is 89.7 cm³/mol. The highest BCUT2D eigenvalue weighted by Gasteiger charge is 2.26. The van der Waals surface area contributed by atoms with Gasteiger partial charge < -0.3 is 15.4 Å². The number of ether oxygens (including phenoxy) is 1. The molecule has 9 heteroatoms. The number of aromatic nitrogens is 1. The third-order valence-corrected chi connectivity index (χ3v) is 2.43. The number of guanidine groups is 1. The normalized spacial score (nSPS) is 11.6. The van der Waals surface area contributed by atoms with Gasteiger partial charge in [0.05, 0.1) is 25.8 Å². The van der Waals surface area contributed by atoms with Crippen molar-refractivity contribution < 1.29 is 17.9 Å². The third-order valence-electron chi connectivity index (χ3n) is 2.43. The van der Waals surface area contributed by atoms with Crippen molar-refractivity contribution in [2.75, 3.05) is 20.2 Å². The highest BCUT2D eigenvalue weighted by Crippen LogP contribution is 2.18. The van der Waals surface area contributed by atoms with Crippen LogP contribution in [0, 0.1) is 0 Å². The first kappa shape index (κ1) is 20.7. The van der Waals surface area contributed by atoms with Gasteiger partial charge in [-0.05, 0) is 13.0 Å². The van der Waals surface area contributed by atoms with E-state index in [2.05, 4.69) is 20.6 Å². The van der Waals surface area contributed by atoms with E-state index in [1.807, 2.05) is 6.92 Å². The smallest absolute Gasteiger partial charge is 0.390 e. The van der Waals surface area contributed by atoms with Gasteiger partial charge in [0.25, 0.3) is 0 Å². The molecular weight excluding hydrogens is 412 g/mol. The minimum absolute atomic E-state index is 0. The standard InChI is InChI=1S/C13H19F3N4O.HI/c1-3-17-12(18-8-7-13(14,15)16)19-9-10-5-4-6-11(20-10)21-2;/h4-6H,3,7-9H2,1-2H3,(H2,17,18,19);1H. The molecule has 0 saturated heterocycles. The van der Waals surface area contributed by atoms with Gasteiger partial charge in [-0.25, -0.2) is 9.98 Å². The molecule has 0 unspecified atom stereocenters. The van der Waals surface area contributed by atoms with Gasteiger partial charge in [-0.1, -0.05) is 6.07 Å². The zero-order valence-electron chi connectivity index (χ0n) is 12.4. The van der Waals surface area contributed by atoms with Gasteiger partial charge in [0, 0.05) is 19.2 Å². The third kappa shape index (κ3) is 8.90. The molecule has 0 spiro atoms. The van der Waals surface area contributed by atoms with Gasteiger partial charge in [-0.15, -0.1) is 24.0 Å². The molecule has 0 aliphatic rings. The fraction of sp³-hybridized carbons (Fsp3) is 0.538. The first-order valence-electron chi connectivity index (χ1n) is 6.53. The molecule has 0 amide bonds. The van der Waals surface area contributed by atoms with E-state index < -0.39 is 12.6 Å². The zero-order valence-corrected chi connectivity index (χ0v) is 14.7. The molecule has 5 nitrogen and oxygen atoms in total. The van der Waals surface area contributed by atoms with Crippen LogP contribution in [-0.4, -0.2) is 37.3 Å². The van der Waals surface area contributed by atoms with Crippen LogP contribution in [0.2, 0.25) is 0 Å². The number of hydrogen-bond acceptors (Lipinski definition) is 3. The molecule has 0 aliphatic heterocycles. The Morgan fingerprint density at radius 3 is 2.64 bits per heavy atom. The lowest BCUT2D eigenvalue weighted by Gasteiger charge is -2.12. The predicted octanol–water partition coefficient (Wildman–Crippen LogP) is 2.72. The van der Waals surface area contributed by atoms with E-state index in [-0.39, 0.29) is 37.1 Å². The Bertz CT molecular complexity index is 469. The summed E-state index contributed by atoms with van der Waals surface area (Å²) in [5.41, 5.74) is 0.669. The maximum atomic E-state index is 12.1. The summed E-state index contributed by atoms with van der Waals surface area (Å²) in [6.07, 6.45) is -5.09. The van der Waals surface area contributed by atoms with Crippen LogP contribution >= 0.6 is 24.0 Å². The van der Waals surface area contributed by atoms with Crippen LogP contribution in [0.15, 0.2) is 23.2 Å². The largest absolute Gasteiger partial charge is 0.481 e. The molecule has 1 aromatic heterocycles. The van der Waals surface area contributed by atoms with Crippen LogP contribution in [0.1, 0.15) is 19.0 Å². The van der Waals surface area contributed by atoms with Gasteiger partial charge >= 0.3 is 6.18 Å². The lowest BCUT2D eigenvalue weighted by atomic mass is 10.3. The van der Waals surface area contributed by atoms with E-state index in [9.17, 15) is 13.2 Å². The summed E-state index contributed by atoms with van der Waals surface area (Å²) in [4.78, 5) is 8.37. The van der Waals surface area contributed by atoms with E-state index in [0.29, 0.717) is 24.1 Å². The van der Waals surface area contributed by atoms with Crippen molar-refractivity contribution in [1.82, 2.24) is 15.6 Å². The first-order valence-corrected chi connectivity index (χ1v) is 6.53. The van der Waals surface area contributed by atoms with E-state index >= 15 is 0 Å². The maximum absolute atomic E-state index is 12.1. The number of aliphatic imine (C=N–C) groups is 1. The second kappa shape index (κ2) is 10.5. The molecule has 1 rings (SSSR count). The molecule has 126 valence electrons. The molecule has 0 radical (unpaired) electrons. The molecule has 1 heterocycles. The van der Waals surface area contributed by atoms with Crippen molar-refractivity contribution in [3.05, 3.63) is 23.9 Å². The van der Waals surface area contributed by atoms with Crippen molar-refractivity contribution in [3.8, 4) is 5.88 Å². The molecule has 1 aromatic rings.